The van der Waals surface area contributed by atoms with E-state index < -0.39 is 0 Å². The first kappa shape index (κ1) is 20.0. The molecular formula is C18H16ClN3O2S3. The average molecular weight is 438 g/mol. The predicted octanol–water partition coefficient (Wildman–Crippen LogP) is 4.73. The molecule has 1 aliphatic rings. The number of aromatic nitrogens is 1. The minimum atomic E-state index is -0.152. The topological polar surface area (TPSA) is 62.3 Å². The van der Waals surface area contributed by atoms with E-state index in [-0.39, 0.29) is 11.8 Å². The molecule has 2 heterocycles. The Kier molecular flexibility index (Phi) is 6.64. The maximum atomic E-state index is 12.6. The lowest BCUT2D eigenvalue weighted by atomic mass is 10.2. The number of rotatable bonds is 6. The molecule has 0 spiro atoms. The number of aryl methyl sites for hydroxylation is 1. The van der Waals surface area contributed by atoms with E-state index in [0.29, 0.717) is 38.8 Å². The van der Waals surface area contributed by atoms with Crippen LogP contribution in [0.1, 0.15) is 24.1 Å². The zero-order chi connectivity index (χ0) is 19.4. The van der Waals surface area contributed by atoms with Gasteiger partial charge in [-0.15, -0.1) is 11.3 Å². The maximum absolute atomic E-state index is 12.6. The first-order valence-corrected chi connectivity index (χ1v) is 10.6. The van der Waals surface area contributed by atoms with Crippen LogP contribution in [0.5, 0.6) is 0 Å². The van der Waals surface area contributed by atoms with Gasteiger partial charge in [-0.2, -0.15) is 0 Å². The number of anilines is 1. The van der Waals surface area contributed by atoms with E-state index in [2.05, 4.69) is 10.3 Å². The zero-order valence-electron chi connectivity index (χ0n) is 14.4. The van der Waals surface area contributed by atoms with Gasteiger partial charge in [0.2, 0.25) is 5.91 Å². The molecule has 5 nitrogen and oxygen atoms in total. The van der Waals surface area contributed by atoms with Crippen LogP contribution in [0.4, 0.5) is 5.13 Å². The Morgan fingerprint density at radius 2 is 2.19 bits per heavy atom. The number of amides is 2. The van der Waals surface area contributed by atoms with Crippen molar-refractivity contribution >= 4 is 74.3 Å². The molecule has 1 aromatic carbocycles. The number of thiazole rings is 1. The third kappa shape index (κ3) is 5.16. The van der Waals surface area contributed by atoms with Crippen molar-refractivity contribution in [2.45, 2.75) is 19.8 Å². The highest BCUT2D eigenvalue weighted by Crippen LogP contribution is 2.33. The van der Waals surface area contributed by atoms with Crippen LogP contribution in [0.15, 0.2) is 34.6 Å². The SMILES string of the molecule is Cc1csc(NC(=O)CCCN2C(=O)/C(=C\c3ccccc3Cl)SC2=S)n1. The highest BCUT2D eigenvalue weighted by molar-refractivity contribution is 8.26. The monoisotopic (exact) mass is 437 g/mol. The number of thioether (sulfide) groups is 1. The fourth-order valence-electron chi connectivity index (χ4n) is 2.42. The molecular weight excluding hydrogens is 422 g/mol. The Labute approximate surface area is 175 Å². The fourth-order valence-corrected chi connectivity index (χ4v) is 4.61. The second kappa shape index (κ2) is 8.97. The minimum Gasteiger partial charge on any atom is -0.302 e. The molecule has 0 saturated carbocycles. The molecule has 0 radical (unpaired) electrons. The normalized spacial score (nSPS) is 15.6. The van der Waals surface area contributed by atoms with Crippen LogP contribution in [0.3, 0.4) is 0 Å². The van der Waals surface area contributed by atoms with Crippen molar-refractivity contribution in [3.8, 4) is 0 Å². The molecule has 0 unspecified atom stereocenters. The number of thiocarbonyl (C=S) groups is 1. The smallest absolute Gasteiger partial charge is 0.266 e. The lowest BCUT2D eigenvalue weighted by Crippen LogP contribution is -2.29. The first-order chi connectivity index (χ1) is 12.9. The van der Waals surface area contributed by atoms with Gasteiger partial charge in [-0.25, -0.2) is 4.98 Å². The largest absolute Gasteiger partial charge is 0.302 e. The molecule has 2 aromatic rings. The Bertz CT molecular complexity index is 926. The van der Waals surface area contributed by atoms with E-state index in [0.717, 1.165) is 11.3 Å². The highest BCUT2D eigenvalue weighted by atomic mass is 35.5. The number of hydrogen-bond donors (Lipinski definition) is 1. The van der Waals surface area contributed by atoms with Gasteiger partial charge in [-0.1, -0.05) is 53.8 Å². The van der Waals surface area contributed by atoms with Gasteiger partial charge in [-0.3, -0.25) is 14.5 Å². The number of nitrogens with one attached hydrogen (secondary N) is 1. The van der Waals surface area contributed by atoms with Gasteiger partial charge in [0, 0.05) is 23.4 Å². The summed E-state index contributed by atoms with van der Waals surface area (Å²) in [7, 11) is 0. The van der Waals surface area contributed by atoms with E-state index in [1.54, 1.807) is 12.1 Å². The molecule has 3 rings (SSSR count). The van der Waals surface area contributed by atoms with Gasteiger partial charge in [-0.05, 0) is 31.1 Å². The Morgan fingerprint density at radius 1 is 1.41 bits per heavy atom. The molecule has 2 amide bonds. The van der Waals surface area contributed by atoms with Crippen molar-refractivity contribution in [3.63, 3.8) is 0 Å². The van der Waals surface area contributed by atoms with E-state index in [9.17, 15) is 9.59 Å². The van der Waals surface area contributed by atoms with Crippen molar-refractivity contribution < 1.29 is 9.59 Å². The fraction of sp³-hybridized carbons (Fsp3) is 0.222. The van der Waals surface area contributed by atoms with Crippen LogP contribution in [0.25, 0.3) is 6.08 Å². The molecule has 27 heavy (non-hydrogen) atoms. The first-order valence-electron chi connectivity index (χ1n) is 8.16. The maximum Gasteiger partial charge on any atom is 0.266 e. The van der Waals surface area contributed by atoms with Crippen molar-refractivity contribution in [2.75, 3.05) is 11.9 Å². The van der Waals surface area contributed by atoms with E-state index in [1.807, 2.05) is 30.5 Å². The summed E-state index contributed by atoms with van der Waals surface area (Å²) in [5.41, 5.74) is 1.65. The molecule has 1 N–H and O–H groups in total. The van der Waals surface area contributed by atoms with Crippen LogP contribution in [-0.2, 0) is 9.59 Å². The number of benzene rings is 1. The van der Waals surface area contributed by atoms with E-state index in [1.165, 1.54) is 28.0 Å². The highest BCUT2D eigenvalue weighted by Gasteiger charge is 2.31. The second-order valence-corrected chi connectivity index (χ2v) is 8.74. The summed E-state index contributed by atoms with van der Waals surface area (Å²) in [5, 5.41) is 5.80. The lowest BCUT2D eigenvalue weighted by Gasteiger charge is -2.13. The molecule has 1 fully saturated rings. The van der Waals surface area contributed by atoms with Crippen molar-refractivity contribution in [1.29, 1.82) is 0 Å². The number of carbonyl (C=O) groups is 2. The molecule has 1 saturated heterocycles. The number of carbonyl (C=O) groups excluding carboxylic acids is 2. The average Bonchev–Trinajstić information content (AvgIpc) is 3.14. The second-order valence-electron chi connectivity index (χ2n) is 5.80. The minimum absolute atomic E-state index is 0.124. The summed E-state index contributed by atoms with van der Waals surface area (Å²) in [5.74, 6) is -0.276. The van der Waals surface area contributed by atoms with Gasteiger partial charge in [0.15, 0.2) is 5.13 Å². The summed E-state index contributed by atoms with van der Waals surface area (Å²) < 4.78 is 0.495. The summed E-state index contributed by atoms with van der Waals surface area (Å²) >= 11 is 14.1. The van der Waals surface area contributed by atoms with E-state index >= 15 is 0 Å². The van der Waals surface area contributed by atoms with Crippen LogP contribution < -0.4 is 5.32 Å². The molecule has 140 valence electrons. The third-order valence-electron chi connectivity index (χ3n) is 3.72. The van der Waals surface area contributed by atoms with Crippen molar-refractivity contribution in [3.05, 3.63) is 50.8 Å². The van der Waals surface area contributed by atoms with Crippen LogP contribution in [0.2, 0.25) is 5.02 Å². The Morgan fingerprint density at radius 3 is 2.89 bits per heavy atom. The molecule has 1 aliphatic heterocycles. The van der Waals surface area contributed by atoms with Gasteiger partial charge in [0.1, 0.15) is 4.32 Å². The summed E-state index contributed by atoms with van der Waals surface area (Å²) in [4.78, 5) is 30.9. The number of halogens is 1. The predicted molar refractivity (Wildman–Crippen MR) is 116 cm³/mol. The Hall–Kier alpha value is -1.74. The molecule has 0 aliphatic carbocycles. The van der Waals surface area contributed by atoms with Gasteiger partial charge < -0.3 is 5.32 Å². The molecule has 0 bridgehead atoms. The summed E-state index contributed by atoms with van der Waals surface area (Å²) in [6.45, 7) is 2.27. The van der Waals surface area contributed by atoms with Crippen LogP contribution >= 0.6 is 46.9 Å². The van der Waals surface area contributed by atoms with Crippen molar-refractivity contribution in [1.82, 2.24) is 9.88 Å². The zero-order valence-corrected chi connectivity index (χ0v) is 17.6. The summed E-state index contributed by atoms with van der Waals surface area (Å²) in [6.07, 6.45) is 2.56. The van der Waals surface area contributed by atoms with Gasteiger partial charge in [0.05, 0.1) is 10.6 Å². The summed E-state index contributed by atoms with van der Waals surface area (Å²) in [6, 6.07) is 7.32. The van der Waals surface area contributed by atoms with Gasteiger partial charge >= 0.3 is 0 Å². The van der Waals surface area contributed by atoms with Crippen LogP contribution in [-0.4, -0.2) is 32.6 Å². The van der Waals surface area contributed by atoms with Gasteiger partial charge in [0.25, 0.3) is 5.91 Å². The number of hydrogen-bond acceptors (Lipinski definition) is 6. The lowest BCUT2D eigenvalue weighted by molar-refractivity contribution is -0.122. The number of nitrogens with zero attached hydrogens (tertiary/aromatic N) is 2. The Balaban J connectivity index is 1.55. The molecule has 0 atom stereocenters. The molecule has 9 heteroatoms. The van der Waals surface area contributed by atoms with Crippen LogP contribution in [0, 0.1) is 6.92 Å². The quantitative estimate of drug-likeness (QED) is 0.523. The third-order valence-corrected chi connectivity index (χ3v) is 6.31. The molecule has 1 aromatic heterocycles. The van der Waals surface area contributed by atoms with Crippen molar-refractivity contribution in [2.24, 2.45) is 0 Å². The van der Waals surface area contributed by atoms with E-state index in [4.69, 9.17) is 23.8 Å². The standard InChI is InChI=1S/C18H16ClN3O2S3/c1-11-10-26-17(20-11)21-15(23)7-4-8-22-16(24)14(27-18(22)25)9-12-5-2-3-6-13(12)19/h2-3,5-6,9-10H,4,7-8H2,1H3,(H,20,21,23)/b14-9+.